The lowest BCUT2D eigenvalue weighted by Crippen LogP contribution is -2.62. The van der Waals surface area contributed by atoms with Crippen molar-refractivity contribution >= 4 is 0 Å². The zero-order chi connectivity index (χ0) is 22.4. The predicted octanol–water partition coefficient (Wildman–Crippen LogP) is 7.22. The van der Waals surface area contributed by atoms with Gasteiger partial charge in [-0.05, 0) is 97.2 Å². The Balaban J connectivity index is 1.55. The minimum atomic E-state index is -0.151. The van der Waals surface area contributed by atoms with Gasteiger partial charge in [-0.25, -0.2) is 0 Å². The molecule has 4 aliphatic carbocycles. The fourth-order valence-electron chi connectivity index (χ4n) is 10.0. The topological polar surface area (TPSA) is 40.5 Å². The second-order valence-corrected chi connectivity index (χ2v) is 12.9. The molecule has 4 aliphatic rings. The van der Waals surface area contributed by atoms with Crippen molar-refractivity contribution < 1.29 is 10.2 Å². The summed E-state index contributed by atoms with van der Waals surface area (Å²) in [6, 6.07) is 0. The molecule has 4 fully saturated rings. The fourth-order valence-corrected chi connectivity index (χ4v) is 10.0. The van der Waals surface area contributed by atoms with Gasteiger partial charge in [-0.15, -0.1) is 0 Å². The van der Waals surface area contributed by atoms with Crippen LogP contribution in [-0.2, 0) is 0 Å². The van der Waals surface area contributed by atoms with E-state index in [1.807, 2.05) is 0 Å². The maximum absolute atomic E-state index is 11.8. The highest BCUT2D eigenvalue weighted by atomic mass is 16.3. The van der Waals surface area contributed by atoms with Crippen molar-refractivity contribution in [1.29, 1.82) is 0 Å². The van der Waals surface area contributed by atoms with Gasteiger partial charge in [0.1, 0.15) is 0 Å². The Morgan fingerprint density at radius 2 is 1.55 bits per heavy atom. The first-order valence-corrected chi connectivity index (χ1v) is 14.1. The van der Waals surface area contributed by atoms with E-state index in [9.17, 15) is 10.2 Å². The molecule has 4 unspecified atom stereocenters. The van der Waals surface area contributed by atoms with Crippen molar-refractivity contribution in [3.8, 4) is 0 Å². The first-order chi connectivity index (χ1) is 14.8. The van der Waals surface area contributed by atoms with E-state index in [-0.39, 0.29) is 12.2 Å². The van der Waals surface area contributed by atoms with Crippen LogP contribution in [0.2, 0.25) is 0 Å². The molecule has 31 heavy (non-hydrogen) atoms. The molecule has 0 aromatic rings. The molecule has 0 aromatic heterocycles. The minimum absolute atomic E-state index is 0.144. The molecule has 0 bridgehead atoms. The van der Waals surface area contributed by atoms with E-state index in [0.717, 1.165) is 31.1 Å². The van der Waals surface area contributed by atoms with Gasteiger partial charge in [-0.3, -0.25) is 0 Å². The van der Waals surface area contributed by atoms with Gasteiger partial charge >= 0.3 is 0 Å². The molecular formula is C29H52O2. The second-order valence-electron chi connectivity index (χ2n) is 12.9. The van der Waals surface area contributed by atoms with Crippen LogP contribution in [0.5, 0.6) is 0 Å². The summed E-state index contributed by atoms with van der Waals surface area (Å²) in [4.78, 5) is 0. The SMILES string of the molecule is CCCCCC[C@@H](C)[C@H]1CCC2C3C(O)[C@H](CC)[C@@H]4C[C@H](O)CC[C@]4(C)C3CC[C@@]21C. The van der Waals surface area contributed by atoms with E-state index >= 15 is 0 Å². The molecule has 2 heteroatoms. The number of unbranched alkanes of at least 4 members (excludes halogenated alkanes) is 3. The molecule has 2 nitrogen and oxygen atoms in total. The summed E-state index contributed by atoms with van der Waals surface area (Å²) in [6.07, 6.45) is 16.2. The Labute approximate surface area is 193 Å². The average Bonchev–Trinajstić information content (AvgIpc) is 3.10. The Kier molecular flexibility index (Phi) is 7.20. The number of aliphatic hydroxyl groups is 2. The average molecular weight is 433 g/mol. The first-order valence-electron chi connectivity index (χ1n) is 14.1. The standard InChI is InChI=1S/C29H52O2/c1-6-8-9-10-11-19(3)22-12-13-23-26-24(15-17-28(22,23)4)29(5)16-14-20(30)18-25(29)21(7-2)27(26)31/h19-27,30-31H,6-18H2,1-5H3/t19-,20-,21-,22-,23?,24?,25+,26?,27?,28-,29-/m1/s1. The van der Waals surface area contributed by atoms with Gasteiger partial charge in [0.25, 0.3) is 0 Å². The molecule has 0 aromatic carbocycles. The smallest absolute Gasteiger partial charge is 0.0605 e. The summed E-state index contributed by atoms with van der Waals surface area (Å²) < 4.78 is 0. The first kappa shape index (κ1) is 24.1. The molecule has 0 spiro atoms. The van der Waals surface area contributed by atoms with Crippen LogP contribution in [0, 0.1) is 52.3 Å². The third-order valence-corrected chi connectivity index (χ3v) is 11.7. The number of aliphatic hydroxyl groups excluding tert-OH is 2. The molecule has 0 saturated heterocycles. The summed E-state index contributed by atoms with van der Waals surface area (Å²) >= 11 is 0. The number of fused-ring (bicyclic) bond motifs is 5. The van der Waals surface area contributed by atoms with Crippen LogP contribution in [0.4, 0.5) is 0 Å². The molecule has 11 atom stereocenters. The highest BCUT2D eigenvalue weighted by Gasteiger charge is 2.64. The molecular weight excluding hydrogens is 380 g/mol. The Morgan fingerprint density at radius 1 is 0.839 bits per heavy atom. The van der Waals surface area contributed by atoms with Crippen LogP contribution in [0.25, 0.3) is 0 Å². The fraction of sp³-hybridized carbons (Fsp3) is 1.00. The maximum Gasteiger partial charge on any atom is 0.0605 e. The van der Waals surface area contributed by atoms with E-state index in [1.165, 1.54) is 64.2 Å². The van der Waals surface area contributed by atoms with Crippen LogP contribution in [0.3, 0.4) is 0 Å². The third kappa shape index (κ3) is 3.94. The number of rotatable bonds is 7. The molecule has 0 amide bonds. The Bertz CT molecular complexity index is 604. The zero-order valence-corrected chi connectivity index (χ0v) is 21.3. The van der Waals surface area contributed by atoms with Gasteiger partial charge in [0, 0.05) is 0 Å². The van der Waals surface area contributed by atoms with Crippen LogP contribution >= 0.6 is 0 Å². The van der Waals surface area contributed by atoms with Crippen LogP contribution in [0.15, 0.2) is 0 Å². The molecule has 0 radical (unpaired) electrons. The second kappa shape index (κ2) is 9.28. The largest absolute Gasteiger partial charge is 0.393 e. The van der Waals surface area contributed by atoms with Crippen molar-refractivity contribution in [3.63, 3.8) is 0 Å². The maximum atomic E-state index is 11.8. The normalized spacial score (nSPS) is 50.4. The predicted molar refractivity (Wildman–Crippen MR) is 130 cm³/mol. The summed E-state index contributed by atoms with van der Waals surface area (Å²) in [5.74, 6) is 4.45. The molecule has 4 rings (SSSR count). The Hall–Kier alpha value is -0.0800. The van der Waals surface area contributed by atoms with Gasteiger partial charge in [-0.2, -0.15) is 0 Å². The Morgan fingerprint density at radius 3 is 2.26 bits per heavy atom. The van der Waals surface area contributed by atoms with Gasteiger partial charge in [0.05, 0.1) is 12.2 Å². The third-order valence-electron chi connectivity index (χ3n) is 11.7. The quantitative estimate of drug-likeness (QED) is 0.417. The van der Waals surface area contributed by atoms with Gasteiger partial charge in [0.2, 0.25) is 0 Å². The number of hydrogen-bond acceptors (Lipinski definition) is 2. The highest BCUT2D eigenvalue weighted by Crippen LogP contribution is 2.69. The lowest BCUT2D eigenvalue weighted by molar-refractivity contribution is -0.203. The van der Waals surface area contributed by atoms with Crippen LogP contribution < -0.4 is 0 Å². The van der Waals surface area contributed by atoms with Crippen molar-refractivity contribution in [1.82, 2.24) is 0 Å². The molecule has 0 aliphatic heterocycles. The van der Waals surface area contributed by atoms with Crippen LogP contribution in [-0.4, -0.2) is 22.4 Å². The van der Waals surface area contributed by atoms with Crippen molar-refractivity contribution in [2.75, 3.05) is 0 Å². The molecule has 2 N–H and O–H groups in total. The summed E-state index contributed by atoms with van der Waals surface area (Å²) in [5.41, 5.74) is 0.761. The van der Waals surface area contributed by atoms with Crippen molar-refractivity contribution in [3.05, 3.63) is 0 Å². The lowest BCUT2D eigenvalue weighted by atomic mass is 9.41. The van der Waals surface area contributed by atoms with Gasteiger partial charge in [-0.1, -0.05) is 73.1 Å². The zero-order valence-electron chi connectivity index (χ0n) is 21.3. The van der Waals surface area contributed by atoms with Crippen molar-refractivity contribution in [2.24, 2.45) is 52.3 Å². The molecule has 0 heterocycles. The van der Waals surface area contributed by atoms with E-state index in [1.54, 1.807) is 0 Å². The summed E-state index contributed by atoms with van der Waals surface area (Å²) in [6.45, 7) is 12.3. The molecule has 4 saturated carbocycles. The summed E-state index contributed by atoms with van der Waals surface area (Å²) in [5, 5.41) is 22.3. The lowest BCUT2D eigenvalue weighted by Gasteiger charge is -2.64. The van der Waals surface area contributed by atoms with Gasteiger partial charge < -0.3 is 10.2 Å². The summed E-state index contributed by atoms with van der Waals surface area (Å²) in [7, 11) is 0. The minimum Gasteiger partial charge on any atom is -0.393 e. The highest BCUT2D eigenvalue weighted by molar-refractivity contribution is 5.13. The van der Waals surface area contributed by atoms with E-state index in [4.69, 9.17) is 0 Å². The van der Waals surface area contributed by atoms with E-state index in [2.05, 4.69) is 34.6 Å². The monoisotopic (exact) mass is 432 g/mol. The number of hydrogen-bond donors (Lipinski definition) is 2. The van der Waals surface area contributed by atoms with Crippen LogP contribution in [0.1, 0.15) is 118 Å². The van der Waals surface area contributed by atoms with Gasteiger partial charge in [0.15, 0.2) is 0 Å². The molecule has 180 valence electrons. The van der Waals surface area contributed by atoms with E-state index < -0.39 is 0 Å². The van der Waals surface area contributed by atoms with E-state index in [0.29, 0.717) is 40.4 Å². The van der Waals surface area contributed by atoms with Crippen molar-refractivity contribution in [2.45, 2.75) is 130 Å².